The Morgan fingerprint density at radius 1 is 1.00 bits per heavy atom. The second kappa shape index (κ2) is 10.9. The molecule has 6 nitrogen and oxygen atoms in total. The molecule has 0 bridgehead atoms. The van der Waals surface area contributed by atoms with E-state index in [4.69, 9.17) is 18.9 Å². The molecule has 3 aromatic carbocycles. The van der Waals surface area contributed by atoms with Crippen molar-refractivity contribution in [2.45, 2.75) is 77.7 Å². The molecule has 2 fully saturated rings. The average Bonchev–Trinajstić information content (AvgIpc) is 2.96. The van der Waals surface area contributed by atoms with Gasteiger partial charge in [-0.25, -0.2) is 0 Å². The van der Waals surface area contributed by atoms with Gasteiger partial charge in [0, 0.05) is 29.5 Å². The van der Waals surface area contributed by atoms with E-state index in [1.807, 2.05) is 0 Å². The lowest BCUT2D eigenvalue weighted by Gasteiger charge is -2.56. The Morgan fingerprint density at radius 2 is 1.74 bits per heavy atom. The van der Waals surface area contributed by atoms with Gasteiger partial charge in [0.15, 0.2) is 5.41 Å². The van der Waals surface area contributed by atoms with E-state index in [0.29, 0.717) is 29.6 Å². The highest BCUT2D eigenvalue weighted by Gasteiger charge is 2.70. The van der Waals surface area contributed by atoms with Crippen molar-refractivity contribution in [1.82, 2.24) is 0 Å². The predicted molar refractivity (Wildman–Crippen MR) is 167 cm³/mol. The zero-order valence-corrected chi connectivity index (χ0v) is 26.4. The van der Waals surface area contributed by atoms with Crippen molar-refractivity contribution in [1.29, 1.82) is 0 Å². The van der Waals surface area contributed by atoms with Crippen LogP contribution in [0.3, 0.4) is 0 Å². The molecular weight excluding hydrogens is 540 g/mol. The fourth-order valence-electron chi connectivity index (χ4n) is 8.18. The quantitative estimate of drug-likeness (QED) is 0.160. The number of ether oxygens (including phenoxy) is 4. The van der Waals surface area contributed by atoms with E-state index >= 15 is 0 Å². The molecule has 3 aromatic rings. The molecule has 6 rings (SSSR count). The van der Waals surface area contributed by atoms with Crippen LogP contribution in [0.2, 0.25) is 0 Å². The highest BCUT2D eigenvalue weighted by molar-refractivity contribution is 6.05. The molecule has 0 saturated heterocycles. The van der Waals surface area contributed by atoms with Gasteiger partial charge in [0.25, 0.3) is 0 Å². The second-order valence-electron chi connectivity index (χ2n) is 13.9. The van der Waals surface area contributed by atoms with Gasteiger partial charge < -0.3 is 18.9 Å². The zero-order valence-electron chi connectivity index (χ0n) is 26.4. The fraction of sp³-hybridized carbons (Fsp3) is 0.514. The van der Waals surface area contributed by atoms with Crippen molar-refractivity contribution >= 4 is 22.7 Å². The van der Waals surface area contributed by atoms with Crippen molar-refractivity contribution in [3.05, 3.63) is 65.7 Å². The van der Waals surface area contributed by atoms with Crippen LogP contribution in [0.1, 0.15) is 77.3 Å². The van der Waals surface area contributed by atoms with Crippen molar-refractivity contribution in [2.75, 3.05) is 14.2 Å². The first-order valence-corrected chi connectivity index (χ1v) is 15.7. The summed E-state index contributed by atoms with van der Waals surface area (Å²) in [4.78, 5) is 28.3. The molecule has 1 heterocycles. The summed E-state index contributed by atoms with van der Waals surface area (Å²) in [6, 6.07) is 18.6. The Balaban J connectivity index is 1.35. The minimum absolute atomic E-state index is 0.107. The summed E-state index contributed by atoms with van der Waals surface area (Å²) >= 11 is 0. The molecule has 1 aliphatic heterocycles. The topological polar surface area (TPSA) is 71.1 Å². The van der Waals surface area contributed by atoms with Crippen LogP contribution in [-0.2, 0) is 19.7 Å². The Bertz CT molecular complexity index is 1560. The Labute approximate surface area is 255 Å². The standard InChI is InChI=1S/C37H44O6/c1-21(2)27-20-37(33(27)32-30(41-7)18-26(40-6)19-31(32)43-35(37)39)34(38)42-29-16-22(3)12-15-28(29)36(4,5)25-14-13-23-10-8-9-11-24(23)17-25/h8-11,13-14,17-19,21-22,27-29,33H,12,15-16,20H2,1-7H3/t22-,27?,28-,29-,33?,37?/m0/s1. The minimum Gasteiger partial charge on any atom is -0.496 e. The molecule has 0 amide bonds. The van der Waals surface area contributed by atoms with Crippen LogP contribution >= 0.6 is 0 Å². The molecule has 0 N–H and O–H groups in total. The maximum atomic E-state index is 14.5. The Hall–Kier alpha value is -3.54. The van der Waals surface area contributed by atoms with Gasteiger partial charge in [-0.2, -0.15) is 0 Å². The van der Waals surface area contributed by atoms with Crippen molar-refractivity contribution in [3.63, 3.8) is 0 Å². The van der Waals surface area contributed by atoms with E-state index in [1.54, 1.807) is 26.4 Å². The smallest absolute Gasteiger partial charge is 0.329 e. The van der Waals surface area contributed by atoms with E-state index in [-0.39, 0.29) is 35.2 Å². The summed E-state index contributed by atoms with van der Waals surface area (Å²) in [6.07, 6.45) is 2.90. The summed E-state index contributed by atoms with van der Waals surface area (Å²) in [6.45, 7) is 11.0. The molecule has 3 aliphatic rings. The van der Waals surface area contributed by atoms with Crippen LogP contribution in [0.4, 0.5) is 0 Å². The highest BCUT2D eigenvalue weighted by atomic mass is 16.6. The Kier molecular flexibility index (Phi) is 7.46. The lowest BCUT2D eigenvalue weighted by atomic mass is 9.48. The number of methoxy groups -OCH3 is 2. The SMILES string of the molecule is COc1cc(OC)c2c(c1)OC(=O)C1(C(=O)O[C@H]3C[C@@H](C)CC[C@@H]3C(C)(C)c3ccc4ccccc4c3)CC(C(C)C)C21. The third-order valence-corrected chi connectivity index (χ3v) is 10.9. The summed E-state index contributed by atoms with van der Waals surface area (Å²) in [5.74, 6) is 1.03. The van der Waals surface area contributed by atoms with Crippen LogP contribution in [0.15, 0.2) is 54.6 Å². The average molecular weight is 585 g/mol. The third-order valence-electron chi connectivity index (χ3n) is 10.9. The molecule has 0 spiro atoms. The predicted octanol–water partition coefficient (Wildman–Crippen LogP) is 7.85. The maximum Gasteiger partial charge on any atom is 0.329 e. The van der Waals surface area contributed by atoms with Crippen LogP contribution in [0.5, 0.6) is 17.2 Å². The van der Waals surface area contributed by atoms with Crippen LogP contribution < -0.4 is 14.2 Å². The lowest BCUT2D eigenvalue weighted by Crippen LogP contribution is -2.62. The number of benzene rings is 3. The molecule has 0 aromatic heterocycles. The highest BCUT2D eigenvalue weighted by Crippen LogP contribution is 2.66. The number of fused-ring (bicyclic) bond motifs is 4. The first kappa shape index (κ1) is 29.5. The van der Waals surface area contributed by atoms with E-state index in [0.717, 1.165) is 24.8 Å². The van der Waals surface area contributed by atoms with E-state index < -0.39 is 17.4 Å². The number of hydrogen-bond donors (Lipinski definition) is 0. The normalized spacial score (nSPS) is 28.4. The molecule has 2 saturated carbocycles. The summed E-state index contributed by atoms with van der Waals surface area (Å²) in [5, 5.41) is 2.41. The van der Waals surface area contributed by atoms with Gasteiger partial charge in [-0.05, 0) is 58.8 Å². The molecule has 228 valence electrons. The van der Waals surface area contributed by atoms with Crippen LogP contribution in [0, 0.1) is 29.1 Å². The zero-order chi connectivity index (χ0) is 30.7. The molecule has 6 heteroatoms. The summed E-state index contributed by atoms with van der Waals surface area (Å²) in [5.41, 5.74) is 0.360. The third kappa shape index (κ3) is 4.69. The molecule has 3 unspecified atom stereocenters. The molecule has 0 radical (unpaired) electrons. The van der Waals surface area contributed by atoms with Gasteiger partial charge in [-0.15, -0.1) is 0 Å². The van der Waals surface area contributed by atoms with Gasteiger partial charge in [0.1, 0.15) is 23.4 Å². The van der Waals surface area contributed by atoms with E-state index in [2.05, 4.69) is 77.1 Å². The summed E-state index contributed by atoms with van der Waals surface area (Å²) in [7, 11) is 3.16. The molecule has 6 atom stereocenters. The monoisotopic (exact) mass is 584 g/mol. The number of carbonyl (C=O) groups excluding carboxylic acids is 2. The van der Waals surface area contributed by atoms with E-state index in [9.17, 15) is 9.59 Å². The van der Waals surface area contributed by atoms with E-state index in [1.165, 1.54) is 16.3 Å². The van der Waals surface area contributed by atoms with Gasteiger partial charge in [-0.1, -0.05) is 83.5 Å². The van der Waals surface area contributed by atoms with Crippen molar-refractivity contribution < 1.29 is 28.5 Å². The van der Waals surface area contributed by atoms with Gasteiger partial charge >= 0.3 is 11.9 Å². The fourth-order valence-corrected chi connectivity index (χ4v) is 8.18. The number of rotatable bonds is 7. The van der Waals surface area contributed by atoms with Crippen LogP contribution in [0.25, 0.3) is 10.8 Å². The number of hydrogen-bond acceptors (Lipinski definition) is 6. The van der Waals surface area contributed by atoms with Crippen molar-refractivity contribution in [3.8, 4) is 17.2 Å². The van der Waals surface area contributed by atoms with Gasteiger partial charge in [-0.3, -0.25) is 9.59 Å². The maximum absolute atomic E-state index is 14.5. The minimum atomic E-state index is -1.39. The first-order valence-electron chi connectivity index (χ1n) is 15.7. The second-order valence-corrected chi connectivity index (χ2v) is 13.9. The molecule has 2 aliphatic carbocycles. The first-order chi connectivity index (χ1) is 20.5. The van der Waals surface area contributed by atoms with Crippen molar-refractivity contribution in [2.24, 2.45) is 29.1 Å². The Morgan fingerprint density at radius 3 is 2.44 bits per heavy atom. The van der Waals surface area contributed by atoms with Crippen LogP contribution in [-0.4, -0.2) is 32.3 Å². The molecular formula is C37H44O6. The van der Waals surface area contributed by atoms with Gasteiger partial charge in [0.05, 0.1) is 14.2 Å². The number of carbonyl (C=O) groups is 2. The summed E-state index contributed by atoms with van der Waals surface area (Å²) < 4.78 is 23.7. The molecule has 43 heavy (non-hydrogen) atoms. The number of esters is 2. The largest absolute Gasteiger partial charge is 0.496 e. The lowest BCUT2D eigenvalue weighted by molar-refractivity contribution is -0.195. The van der Waals surface area contributed by atoms with Gasteiger partial charge in [0.2, 0.25) is 0 Å².